The number of carbonyl (C=O) groups is 1. The Morgan fingerprint density at radius 2 is 2.33 bits per heavy atom. The molecule has 1 saturated carbocycles. The number of nitrogens with zero attached hydrogens (tertiary/aromatic N) is 2. The van der Waals surface area contributed by atoms with Crippen LogP contribution in [0.25, 0.3) is 0 Å². The van der Waals surface area contributed by atoms with Gasteiger partial charge in [0, 0.05) is 11.8 Å². The van der Waals surface area contributed by atoms with Crippen molar-refractivity contribution < 1.29 is 4.79 Å². The molecule has 7 nitrogen and oxygen atoms in total. The standard InChI is InChI=1S/C10H17N5O2S/c1-10(2,7(16)12-11)5-18-9-14-13-8(17)15(9)6-3-4-6/h6H,3-5,11H2,1-2H3,(H,12,16)(H,13,17). The van der Waals surface area contributed by atoms with Gasteiger partial charge in [-0.2, -0.15) is 0 Å². The minimum atomic E-state index is -0.608. The summed E-state index contributed by atoms with van der Waals surface area (Å²) in [6, 6.07) is 0.269. The maximum Gasteiger partial charge on any atom is 0.344 e. The number of hydrogen-bond acceptors (Lipinski definition) is 5. The zero-order valence-corrected chi connectivity index (χ0v) is 11.2. The van der Waals surface area contributed by atoms with Crippen LogP contribution in [-0.4, -0.2) is 26.4 Å². The van der Waals surface area contributed by atoms with Crippen molar-refractivity contribution in [1.29, 1.82) is 0 Å². The fourth-order valence-corrected chi connectivity index (χ4v) is 2.65. The van der Waals surface area contributed by atoms with Gasteiger partial charge in [0.05, 0.1) is 5.41 Å². The third-order valence-electron chi connectivity index (χ3n) is 2.89. The smallest absolute Gasteiger partial charge is 0.294 e. The molecule has 0 spiro atoms. The zero-order valence-electron chi connectivity index (χ0n) is 10.4. The molecule has 8 heteroatoms. The average Bonchev–Trinajstić information content (AvgIpc) is 3.10. The number of carbonyl (C=O) groups excluding carboxylic acids is 1. The second kappa shape index (κ2) is 4.77. The molecule has 0 bridgehead atoms. The summed E-state index contributed by atoms with van der Waals surface area (Å²) in [6.45, 7) is 3.60. The molecule has 1 aliphatic rings. The van der Waals surface area contributed by atoms with Crippen LogP contribution in [0.4, 0.5) is 0 Å². The normalized spacial score (nSPS) is 15.7. The van der Waals surface area contributed by atoms with Crippen LogP contribution >= 0.6 is 11.8 Å². The number of aromatic amines is 1. The lowest BCUT2D eigenvalue weighted by Gasteiger charge is -2.21. The van der Waals surface area contributed by atoms with Crippen LogP contribution in [0.5, 0.6) is 0 Å². The number of aromatic nitrogens is 3. The molecule has 0 radical (unpaired) electrons. The molecule has 1 amide bonds. The fourth-order valence-electron chi connectivity index (χ4n) is 1.55. The molecule has 1 aliphatic carbocycles. The number of thioether (sulfide) groups is 1. The highest BCUT2D eigenvalue weighted by atomic mass is 32.2. The fraction of sp³-hybridized carbons (Fsp3) is 0.700. The van der Waals surface area contributed by atoms with Crippen LogP contribution in [0.15, 0.2) is 9.95 Å². The van der Waals surface area contributed by atoms with Crippen LogP contribution in [0, 0.1) is 5.41 Å². The van der Waals surface area contributed by atoms with E-state index in [1.807, 2.05) is 0 Å². The first kappa shape index (κ1) is 13.2. The largest absolute Gasteiger partial charge is 0.344 e. The lowest BCUT2D eigenvalue weighted by molar-refractivity contribution is -0.128. The summed E-state index contributed by atoms with van der Waals surface area (Å²) in [5.41, 5.74) is 1.36. The maximum absolute atomic E-state index is 11.6. The molecule has 18 heavy (non-hydrogen) atoms. The third-order valence-corrected chi connectivity index (χ3v) is 4.30. The summed E-state index contributed by atoms with van der Waals surface area (Å²) >= 11 is 1.39. The van der Waals surface area contributed by atoms with Gasteiger partial charge in [0.1, 0.15) is 0 Å². The van der Waals surface area contributed by atoms with Crippen LogP contribution in [0.2, 0.25) is 0 Å². The Labute approximate surface area is 108 Å². The minimum absolute atomic E-state index is 0.180. The van der Waals surface area contributed by atoms with Gasteiger partial charge in [0.15, 0.2) is 5.16 Å². The van der Waals surface area contributed by atoms with E-state index in [2.05, 4.69) is 15.6 Å². The zero-order chi connectivity index (χ0) is 13.3. The summed E-state index contributed by atoms with van der Waals surface area (Å²) in [5, 5.41) is 7.08. The predicted molar refractivity (Wildman–Crippen MR) is 68.0 cm³/mol. The van der Waals surface area contributed by atoms with Gasteiger partial charge in [0.2, 0.25) is 5.91 Å². The van der Waals surface area contributed by atoms with Crippen LogP contribution in [0.1, 0.15) is 32.7 Å². The molecule has 1 fully saturated rings. The monoisotopic (exact) mass is 271 g/mol. The van der Waals surface area contributed by atoms with Crippen molar-refractivity contribution in [3.63, 3.8) is 0 Å². The highest BCUT2D eigenvalue weighted by Crippen LogP contribution is 2.37. The summed E-state index contributed by atoms with van der Waals surface area (Å²) in [7, 11) is 0. The number of hydrazine groups is 1. The van der Waals surface area contributed by atoms with Gasteiger partial charge < -0.3 is 0 Å². The van der Waals surface area contributed by atoms with Gasteiger partial charge in [-0.05, 0) is 12.8 Å². The Hall–Kier alpha value is -1.28. The van der Waals surface area contributed by atoms with Crippen molar-refractivity contribution in [1.82, 2.24) is 20.2 Å². The van der Waals surface area contributed by atoms with Crippen molar-refractivity contribution in [2.75, 3.05) is 5.75 Å². The first-order chi connectivity index (χ1) is 8.45. The molecule has 1 aromatic rings. The first-order valence-electron chi connectivity index (χ1n) is 5.76. The van der Waals surface area contributed by atoms with E-state index in [4.69, 9.17) is 5.84 Å². The van der Waals surface area contributed by atoms with Crippen LogP contribution in [-0.2, 0) is 4.79 Å². The molecule has 0 aliphatic heterocycles. The second-order valence-corrected chi connectivity index (χ2v) is 6.00. The third kappa shape index (κ3) is 2.59. The first-order valence-corrected chi connectivity index (χ1v) is 6.75. The molecule has 0 saturated heterocycles. The quantitative estimate of drug-likeness (QED) is 0.303. The van der Waals surface area contributed by atoms with Crippen molar-refractivity contribution in [3.05, 3.63) is 10.5 Å². The van der Waals surface area contributed by atoms with Crippen molar-refractivity contribution >= 4 is 17.7 Å². The molecule has 0 aromatic carbocycles. The number of amides is 1. The van der Waals surface area contributed by atoms with E-state index >= 15 is 0 Å². The van der Waals surface area contributed by atoms with E-state index in [-0.39, 0.29) is 17.6 Å². The molecule has 0 atom stereocenters. The SMILES string of the molecule is CC(C)(CSc1n[nH]c(=O)n1C1CC1)C(=O)NN. The summed E-state index contributed by atoms with van der Waals surface area (Å²) < 4.78 is 1.67. The molecular weight excluding hydrogens is 254 g/mol. The predicted octanol–water partition coefficient (Wildman–Crippen LogP) is 0.0145. The average molecular weight is 271 g/mol. The molecule has 1 aromatic heterocycles. The number of nitrogens with one attached hydrogen (secondary N) is 2. The highest BCUT2D eigenvalue weighted by Gasteiger charge is 2.31. The lowest BCUT2D eigenvalue weighted by Crippen LogP contribution is -2.42. The molecule has 100 valence electrons. The second-order valence-electron chi connectivity index (χ2n) is 5.06. The number of H-pyrrole nitrogens is 1. The van der Waals surface area contributed by atoms with Crippen molar-refractivity contribution in [2.45, 2.75) is 37.9 Å². The Morgan fingerprint density at radius 1 is 1.67 bits per heavy atom. The molecule has 4 N–H and O–H groups in total. The van der Waals surface area contributed by atoms with Crippen molar-refractivity contribution in [3.8, 4) is 0 Å². The van der Waals surface area contributed by atoms with Crippen molar-refractivity contribution in [2.24, 2.45) is 11.3 Å². The Morgan fingerprint density at radius 3 is 2.89 bits per heavy atom. The number of nitrogens with two attached hydrogens (primary N) is 1. The Balaban J connectivity index is 2.06. The number of hydrogen-bond donors (Lipinski definition) is 3. The van der Waals surface area contributed by atoms with E-state index in [0.717, 1.165) is 12.8 Å². The molecule has 2 rings (SSSR count). The summed E-state index contributed by atoms with van der Waals surface area (Å²) in [4.78, 5) is 23.1. The molecular formula is C10H17N5O2S. The summed E-state index contributed by atoms with van der Waals surface area (Å²) in [6.07, 6.45) is 2.03. The van der Waals surface area contributed by atoms with Gasteiger partial charge in [0.25, 0.3) is 0 Å². The van der Waals surface area contributed by atoms with Crippen LogP contribution < -0.4 is 17.0 Å². The van der Waals surface area contributed by atoms with Gasteiger partial charge in [-0.15, -0.1) is 5.10 Å². The topological polar surface area (TPSA) is 106 Å². The van der Waals surface area contributed by atoms with E-state index in [1.54, 1.807) is 18.4 Å². The van der Waals surface area contributed by atoms with Gasteiger partial charge in [-0.25, -0.2) is 15.7 Å². The van der Waals surface area contributed by atoms with E-state index in [1.165, 1.54) is 11.8 Å². The van der Waals surface area contributed by atoms with Gasteiger partial charge in [-0.3, -0.25) is 14.8 Å². The lowest BCUT2D eigenvalue weighted by atomic mass is 9.96. The van der Waals surface area contributed by atoms with E-state index in [0.29, 0.717) is 10.9 Å². The maximum atomic E-state index is 11.6. The Kier molecular flexibility index (Phi) is 3.49. The van der Waals surface area contributed by atoms with Gasteiger partial charge >= 0.3 is 5.69 Å². The van der Waals surface area contributed by atoms with E-state index in [9.17, 15) is 9.59 Å². The summed E-state index contributed by atoms with van der Waals surface area (Å²) in [5.74, 6) is 5.41. The molecule has 0 unspecified atom stereocenters. The van der Waals surface area contributed by atoms with Gasteiger partial charge in [-0.1, -0.05) is 25.6 Å². The van der Waals surface area contributed by atoms with Crippen LogP contribution in [0.3, 0.4) is 0 Å². The minimum Gasteiger partial charge on any atom is -0.294 e. The Bertz CT molecular complexity index is 503. The molecule has 1 heterocycles. The highest BCUT2D eigenvalue weighted by molar-refractivity contribution is 7.99. The number of rotatable bonds is 5. The van der Waals surface area contributed by atoms with E-state index < -0.39 is 5.41 Å².